The first-order chi connectivity index (χ1) is 9.47. The van der Waals surface area contributed by atoms with E-state index in [0.29, 0.717) is 10.4 Å². The Morgan fingerprint density at radius 2 is 1.80 bits per heavy atom. The maximum absolute atomic E-state index is 12.0. The molecule has 0 saturated heterocycles. The second kappa shape index (κ2) is 7.28. The average molecular weight is 298 g/mol. The third kappa shape index (κ3) is 3.30. The van der Waals surface area contributed by atoms with Crippen molar-refractivity contribution in [1.29, 1.82) is 0 Å². The van der Waals surface area contributed by atoms with Gasteiger partial charge in [-0.2, -0.15) is 0 Å². The monoisotopic (exact) mass is 298 g/mol. The lowest BCUT2D eigenvalue weighted by Gasteiger charge is -2.23. The molecule has 112 valence electrons. The first-order valence-electron chi connectivity index (χ1n) is 6.74. The van der Waals surface area contributed by atoms with Crippen LogP contribution in [0.2, 0.25) is 0 Å². The molecule has 1 rings (SSSR count). The molecule has 0 saturated carbocycles. The van der Waals surface area contributed by atoms with Crippen LogP contribution in [0.3, 0.4) is 0 Å². The van der Waals surface area contributed by atoms with Crippen LogP contribution < -0.4 is 10.6 Å². The molecular weight excluding hydrogens is 276 g/mol. The van der Waals surface area contributed by atoms with Crippen molar-refractivity contribution >= 4 is 33.8 Å². The summed E-state index contributed by atoms with van der Waals surface area (Å²) in [4.78, 5) is 26.1. The molecule has 6 heteroatoms. The summed E-state index contributed by atoms with van der Waals surface area (Å²) in [5, 5.41) is 0.739. The van der Waals surface area contributed by atoms with Crippen LogP contribution in [0, 0.1) is 0 Å². The maximum atomic E-state index is 12.0. The number of anilines is 2. The van der Waals surface area contributed by atoms with Crippen molar-refractivity contribution in [2.45, 2.75) is 33.6 Å². The van der Waals surface area contributed by atoms with Gasteiger partial charge in [-0.05, 0) is 12.8 Å². The van der Waals surface area contributed by atoms with E-state index in [0.717, 1.165) is 30.9 Å². The molecule has 0 fully saturated rings. The number of carbonyl (C=O) groups is 2. The van der Waals surface area contributed by atoms with Gasteiger partial charge in [0.05, 0.1) is 17.7 Å². The quantitative estimate of drug-likeness (QED) is 0.619. The number of carbonyl (C=O) groups excluding carboxylic acids is 2. The van der Waals surface area contributed by atoms with Crippen LogP contribution >= 0.6 is 11.3 Å². The standard InChI is InChI=1S/C14H22N2O3S/c1-5-7-16(8-6-2)13-10(14(18)19-4)11(15)12(20-13)9(3)17/h5-8,15H2,1-4H3. The molecule has 0 aliphatic rings. The summed E-state index contributed by atoms with van der Waals surface area (Å²) in [6.07, 6.45) is 1.90. The van der Waals surface area contributed by atoms with E-state index in [1.54, 1.807) is 0 Å². The molecule has 0 radical (unpaired) electrons. The molecular formula is C14H22N2O3S. The van der Waals surface area contributed by atoms with Gasteiger partial charge in [0.25, 0.3) is 0 Å². The number of hydrogen-bond donors (Lipinski definition) is 1. The Balaban J connectivity index is 3.37. The number of Topliss-reactive ketones (excluding diaryl/α,β-unsaturated/α-hetero) is 1. The lowest BCUT2D eigenvalue weighted by atomic mass is 10.2. The van der Waals surface area contributed by atoms with Gasteiger partial charge < -0.3 is 15.4 Å². The fourth-order valence-electron chi connectivity index (χ4n) is 2.07. The minimum atomic E-state index is -0.488. The number of nitrogen functional groups attached to an aromatic ring is 1. The van der Waals surface area contributed by atoms with E-state index in [1.165, 1.54) is 25.4 Å². The van der Waals surface area contributed by atoms with Gasteiger partial charge in [0.2, 0.25) is 0 Å². The van der Waals surface area contributed by atoms with Crippen LogP contribution in [-0.2, 0) is 4.74 Å². The number of thiophene rings is 1. The second-order valence-corrected chi connectivity index (χ2v) is 5.56. The fraction of sp³-hybridized carbons (Fsp3) is 0.571. The van der Waals surface area contributed by atoms with Crippen molar-refractivity contribution in [2.75, 3.05) is 30.8 Å². The minimum absolute atomic E-state index is 0.128. The molecule has 2 N–H and O–H groups in total. The topological polar surface area (TPSA) is 72.6 Å². The summed E-state index contributed by atoms with van der Waals surface area (Å²) in [7, 11) is 1.32. The number of ketones is 1. The zero-order chi connectivity index (χ0) is 15.3. The van der Waals surface area contributed by atoms with Crippen molar-refractivity contribution in [2.24, 2.45) is 0 Å². The number of nitrogens with two attached hydrogens (primary N) is 1. The maximum Gasteiger partial charge on any atom is 0.343 e. The Hall–Kier alpha value is -1.56. The van der Waals surface area contributed by atoms with E-state index >= 15 is 0 Å². The molecule has 1 heterocycles. The summed E-state index contributed by atoms with van der Waals surface area (Å²) in [5.41, 5.74) is 6.54. The zero-order valence-corrected chi connectivity index (χ0v) is 13.3. The molecule has 0 aliphatic heterocycles. The number of nitrogens with zero attached hydrogens (tertiary/aromatic N) is 1. The Morgan fingerprint density at radius 3 is 2.20 bits per heavy atom. The summed E-state index contributed by atoms with van der Waals surface area (Å²) in [6, 6.07) is 0. The van der Waals surface area contributed by atoms with Crippen molar-refractivity contribution in [3.05, 3.63) is 10.4 Å². The largest absolute Gasteiger partial charge is 0.465 e. The van der Waals surface area contributed by atoms with Crippen molar-refractivity contribution < 1.29 is 14.3 Å². The van der Waals surface area contributed by atoms with E-state index in [2.05, 4.69) is 18.7 Å². The smallest absolute Gasteiger partial charge is 0.343 e. The van der Waals surface area contributed by atoms with E-state index in [4.69, 9.17) is 10.5 Å². The molecule has 0 aromatic carbocycles. The van der Waals surface area contributed by atoms with Gasteiger partial charge in [0, 0.05) is 20.0 Å². The lowest BCUT2D eigenvalue weighted by molar-refractivity contribution is 0.0603. The highest BCUT2D eigenvalue weighted by atomic mass is 32.1. The summed E-state index contributed by atoms with van der Waals surface area (Å²) < 4.78 is 4.81. The molecule has 20 heavy (non-hydrogen) atoms. The van der Waals surface area contributed by atoms with Gasteiger partial charge in [-0.15, -0.1) is 11.3 Å². The van der Waals surface area contributed by atoms with Gasteiger partial charge in [-0.1, -0.05) is 13.8 Å². The summed E-state index contributed by atoms with van der Waals surface area (Å²) in [6.45, 7) is 7.23. The highest BCUT2D eigenvalue weighted by molar-refractivity contribution is 7.19. The van der Waals surface area contributed by atoms with E-state index in [-0.39, 0.29) is 11.5 Å². The van der Waals surface area contributed by atoms with Crippen LogP contribution in [0.1, 0.15) is 53.6 Å². The van der Waals surface area contributed by atoms with Crippen LogP contribution in [0.25, 0.3) is 0 Å². The predicted molar refractivity (Wildman–Crippen MR) is 82.9 cm³/mol. The molecule has 0 aliphatic carbocycles. The van der Waals surface area contributed by atoms with Crippen LogP contribution in [-0.4, -0.2) is 32.0 Å². The highest BCUT2D eigenvalue weighted by Crippen LogP contribution is 2.39. The Morgan fingerprint density at radius 1 is 1.25 bits per heavy atom. The number of esters is 1. The molecule has 1 aromatic heterocycles. The van der Waals surface area contributed by atoms with Crippen LogP contribution in [0.4, 0.5) is 10.7 Å². The third-order valence-electron chi connectivity index (χ3n) is 2.91. The normalized spacial score (nSPS) is 10.4. The van der Waals surface area contributed by atoms with E-state index in [1.807, 2.05) is 0 Å². The number of ether oxygens (including phenoxy) is 1. The molecule has 0 atom stereocenters. The van der Waals surface area contributed by atoms with Crippen LogP contribution in [0.15, 0.2) is 0 Å². The Kier molecular flexibility index (Phi) is 6.01. The molecule has 0 spiro atoms. The zero-order valence-electron chi connectivity index (χ0n) is 12.5. The minimum Gasteiger partial charge on any atom is -0.465 e. The summed E-state index contributed by atoms with van der Waals surface area (Å²) >= 11 is 1.28. The number of hydrogen-bond acceptors (Lipinski definition) is 6. The van der Waals surface area contributed by atoms with Gasteiger partial charge >= 0.3 is 5.97 Å². The van der Waals surface area contributed by atoms with Crippen LogP contribution in [0.5, 0.6) is 0 Å². The van der Waals surface area contributed by atoms with Crippen molar-refractivity contribution in [1.82, 2.24) is 0 Å². The number of methoxy groups -OCH3 is 1. The van der Waals surface area contributed by atoms with Crippen molar-refractivity contribution in [3.63, 3.8) is 0 Å². The second-order valence-electron chi connectivity index (χ2n) is 4.56. The molecule has 0 amide bonds. The number of rotatable bonds is 7. The fourth-order valence-corrected chi connectivity index (χ4v) is 3.23. The Labute approximate surface area is 123 Å². The third-order valence-corrected chi connectivity index (χ3v) is 4.28. The lowest BCUT2D eigenvalue weighted by Crippen LogP contribution is -2.25. The Bertz CT molecular complexity index is 491. The molecule has 0 bridgehead atoms. The summed E-state index contributed by atoms with van der Waals surface area (Å²) in [5.74, 6) is -0.615. The van der Waals surface area contributed by atoms with Gasteiger partial charge in [-0.3, -0.25) is 4.79 Å². The average Bonchev–Trinajstić information content (AvgIpc) is 2.75. The van der Waals surface area contributed by atoms with E-state index in [9.17, 15) is 9.59 Å². The van der Waals surface area contributed by atoms with Gasteiger partial charge in [0.15, 0.2) is 5.78 Å². The first-order valence-corrected chi connectivity index (χ1v) is 7.55. The highest BCUT2D eigenvalue weighted by Gasteiger charge is 2.27. The molecule has 0 unspecified atom stereocenters. The molecule has 1 aromatic rings. The van der Waals surface area contributed by atoms with Crippen molar-refractivity contribution in [3.8, 4) is 0 Å². The van der Waals surface area contributed by atoms with E-state index < -0.39 is 5.97 Å². The SMILES string of the molecule is CCCN(CCC)c1sc(C(C)=O)c(N)c1C(=O)OC. The predicted octanol–water partition coefficient (Wildman–Crippen LogP) is 2.95. The van der Waals surface area contributed by atoms with Gasteiger partial charge in [0.1, 0.15) is 10.6 Å². The first kappa shape index (κ1) is 16.5. The van der Waals surface area contributed by atoms with Gasteiger partial charge in [-0.25, -0.2) is 4.79 Å². The molecule has 5 nitrogen and oxygen atoms in total.